The van der Waals surface area contributed by atoms with Crippen LogP contribution in [0.25, 0.3) is 11.1 Å². The van der Waals surface area contributed by atoms with Crippen molar-refractivity contribution in [2.45, 2.75) is 19.4 Å². The molecule has 1 unspecified atom stereocenters. The van der Waals surface area contributed by atoms with E-state index in [9.17, 15) is 4.79 Å². The van der Waals surface area contributed by atoms with E-state index in [1.807, 2.05) is 60.4 Å². The molecule has 148 valence electrons. The van der Waals surface area contributed by atoms with Crippen molar-refractivity contribution >= 4 is 5.91 Å². The van der Waals surface area contributed by atoms with Crippen LogP contribution in [0.3, 0.4) is 0 Å². The second-order valence-electron chi connectivity index (χ2n) is 7.49. The molecule has 0 radical (unpaired) electrons. The summed E-state index contributed by atoms with van der Waals surface area (Å²) in [7, 11) is 0. The predicted octanol–water partition coefficient (Wildman–Crippen LogP) is 2.87. The highest BCUT2D eigenvalue weighted by molar-refractivity contribution is 5.96. The van der Waals surface area contributed by atoms with Crippen molar-refractivity contribution in [1.29, 1.82) is 0 Å². The van der Waals surface area contributed by atoms with Crippen LogP contribution in [-0.4, -0.2) is 67.6 Å². The molecule has 1 amide bonds. The number of piperazine rings is 1. The summed E-state index contributed by atoms with van der Waals surface area (Å²) in [5.74, 6) is 0.989. The molecule has 2 aliphatic rings. The van der Waals surface area contributed by atoms with Crippen molar-refractivity contribution in [3.63, 3.8) is 0 Å². The maximum absolute atomic E-state index is 13.1. The first-order valence-electron chi connectivity index (χ1n) is 10.3. The topological polar surface area (TPSA) is 44.8 Å². The van der Waals surface area contributed by atoms with Gasteiger partial charge in [-0.15, -0.1) is 0 Å². The molecule has 1 N–H and O–H groups in total. The number of hydrogen-bond acceptors (Lipinski definition) is 4. The fraction of sp³-hybridized carbons (Fsp3) is 0.435. The van der Waals surface area contributed by atoms with Crippen LogP contribution in [0.5, 0.6) is 5.75 Å². The zero-order chi connectivity index (χ0) is 19.3. The fourth-order valence-corrected chi connectivity index (χ4v) is 4.26. The van der Waals surface area contributed by atoms with Crippen LogP contribution in [0.2, 0.25) is 0 Å². The number of rotatable bonds is 5. The Labute approximate surface area is 167 Å². The van der Waals surface area contributed by atoms with Crippen LogP contribution in [0.1, 0.15) is 23.7 Å². The minimum atomic E-state index is 0.133. The van der Waals surface area contributed by atoms with Crippen LogP contribution in [0.15, 0.2) is 48.5 Å². The number of likely N-dealkylation sites (tertiary alicyclic amines) is 1. The Kier molecular flexibility index (Phi) is 5.93. The predicted molar refractivity (Wildman–Crippen MR) is 112 cm³/mol. The van der Waals surface area contributed by atoms with Crippen molar-refractivity contribution in [2.24, 2.45) is 0 Å². The van der Waals surface area contributed by atoms with E-state index >= 15 is 0 Å². The molecule has 2 saturated heterocycles. The van der Waals surface area contributed by atoms with Gasteiger partial charge in [-0.3, -0.25) is 9.69 Å². The van der Waals surface area contributed by atoms with Crippen molar-refractivity contribution in [3.8, 4) is 16.9 Å². The zero-order valence-corrected chi connectivity index (χ0v) is 16.6. The van der Waals surface area contributed by atoms with Gasteiger partial charge in [-0.25, -0.2) is 0 Å². The Bertz CT molecular complexity index is 817. The molecule has 28 heavy (non-hydrogen) atoms. The van der Waals surface area contributed by atoms with Crippen molar-refractivity contribution < 1.29 is 9.53 Å². The summed E-state index contributed by atoms with van der Waals surface area (Å²) in [4.78, 5) is 17.7. The van der Waals surface area contributed by atoms with E-state index in [-0.39, 0.29) is 5.91 Å². The standard InChI is InChI=1S/C23H29N3O2/c1-2-28-22-9-4-3-8-21(22)18-6-5-7-19(16-18)23(27)26-13-10-20(17-26)25-14-11-24-12-15-25/h3-9,16,20,24H,2,10-15,17H2,1H3. The molecule has 0 saturated carbocycles. The van der Waals surface area contributed by atoms with Crippen LogP contribution in [0.4, 0.5) is 0 Å². The lowest BCUT2D eigenvalue weighted by atomic mass is 10.0. The van der Waals surface area contributed by atoms with E-state index in [0.717, 1.165) is 68.1 Å². The number of amides is 1. The number of carbonyl (C=O) groups is 1. The average Bonchev–Trinajstić information content (AvgIpc) is 3.25. The van der Waals surface area contributed by atoms with Gasteiger partial charge in [0.1, 0.15) is 5.75 Å². The van der Waals surface area contributed by atoms with Crippen molar-refractivity contribution in [2.75, 3.05) is 45.9 Å². The van der Waals surface area contributed by atoms with Gasteiger partial charge in [0.25, 0.3) is 5.91 Å². The molecule has 2 fully saturated rings. The normalized spacial score (nSPS) is 20.3. The number of para-hydroxylation sites is 1. The van der Waals surface area contributed by atoms with Gasteiger partial charge in [-0.2, -0.15) is 0 Å². The SMILES string of the molecule is CCOc1ccccc1-c1cccc(C(=O)N2CCC(N3CCNCC3)C2)c1. The Morgan fingerprint density at radius 3 is 2.75 bits per heavy atom. The van der Waals surface area contributed by atoms with E-state index in [0.29, 0.717) is 12.6 Å². The van der Waals surface area contributed by atoms with Gasteiger partial charge in [0.2, 0.25) is 0 Å². The molecule has 2 heterocycles. The van der Waals surface area contributed by atoms with Gasteiger partial charge >= 0.3 is 0 Å². The van der Waals surface area contributed by atoms with E-state index in [2.05, 4.69) is 10.2 Å². The minimum absolute atomic E-state index is 0.133. The molecule has 0 bridgehead atoms. The van der Waals surface area contributed by atoms with Crippen molar-refractivity contribution in [1.82, 2.24) is 15.1 Å². The van der Waals surface area contributed by atoms with E-state index in [1.54, 1.807) is 0 Å². The summed E-state index contributed by atoms with van der Waals surface area (Å²) in [5.41, 5.74) is 2.80. The van der Waals surface area contributed by atoms with Gasteiger partial charge in [-0.1, -0.05) is 30.3 Å². The van der Waals surface area contributed by atoms with Crippen molar-refractivity contribution in [3.05, 3.63) is 54.1 Å². The van der Waals surface area contributed by atoms with Gasteiger partial charge in [0.05, 0.1) is 6.61 Å². The zero-order valence-electron chi connectivity index (χ0n) is 16.6. The molecule has 0 spiro atoms. The molecule has 5 heteroatoms. The number of nitrogens with one attached hydrogen (secondary N) is 1. The molecule has 0 aliphatic carbocycles. The van der Waals surface area contributed by atoms with Crippen LogP contribution >= 0.6 is 0 Å². The lowest BCUT2D eigenvalue weighted by Crippen LogP contribution is -2.49. The van der Waals surface area contributed by atoms with Crippen LogP contribution < -0.4 is 10.1 Å². The molecular formula is C23H29N3O2. The second-order valence-corrected chi connectivity index (χ2v) is 7.49. The first-order valence-corrected chi connectivity index (χ1v) is 10.3. The van der Waals surface area contributed by atoms with Gasteiger partial charge < -0.3 is 15.0 Å². The highest BCUT2D eigenvalue weighted by atomic mass is 16.5. The van der Waals surface area contributed by atoms with E-state index in [1.165, 1.54) is 0 Å². The van der Waals surface area contributed by atoms with Crippen LogP contribution in [0, 0.1) is 0 Å². The van der Waals surface area contributed by atoms with E-state index < -0.39 is 0 Å². The number of nitrogens with zero attached hydrogens (tertiary/aromatic N) is 2. The summed E-state index contributed by atoms with van der Waals surface area (Å²) in [6.07, 6.45) is 1.07. The third kappa shape index (κ3) is 4.05. The first kappa shape index (κ1) is 19.0. The molecule has 2 aromatic carbocycles. The fourth-order valence-electron chi connectivity index (χ4n) is 4.26. The molecule has 2 aliphatic heterocycles. The van der Waals surface area contributed by atoms with Gasteiger partial charge in [0, 0.05) is 56.4 Å². The third-order valence-corrected chi connectivity index (χ3v) is 5.73. The maximum atomic E-state index is 13.1. The Balaban J connectivity index is 1.49. The Morgan fingerprint density at radius 1 is 1.11 bits per heavy atom. The monoisotopic (exact) mass is 379 g/mol. The summed E-state index contributed by atoms with van der Waals surface area (Å²) in [6, 6.07) is 16.4. The summed E-state index contributed by atoms with van der Waals surface area (Å²) in [5, 5.41) is 3.40. The highest BCUT2D eigenvalue weighted by Gasteiger charge is 2.31. The Morgan fingerprint density at radius 2 is 1.93 bits per heavy atom. The molecule has 2 aromatic rings. The second kappa shape index (κ2) is 8.76. The number of benzene rings is 2. The molecular weight excluding hydrogens is 350 g/mol. The minimum Gasteiger partial charge on any atom is -0.493 e. The van der Waals surface area contributed by atoms with Gasteiger partial charge in [0.15, 0.2) is 0 Å². The largest absolute Gasteiger partial charge is 0.493 e. The molecule has 1 atom stereocenters. The van der Waals surface area contributed by atoms with Gasteiger partial charge in [-0.05, 0) is 37.1 Å². The number of ether oxygens (including phenoxy) is 1. The summed E-state index contributed by atoms with van der Waals surface area (Å²) < 4.78 is 5.77. The summed E-state index contributed by atoms with van der Waals surface area (Å²) in [6.45, 7) is 8.53. The quantitative estimate of drug-likeness (QED) is 0.868. The number of carbonyl (C=O) groups excluding carboxylic acids is 1. The average molecular weight is 380 g/mol. The lowest BCUT2D eigenvalue weighted by Gasteiger charge is -2.32. The van der Waals surface area contributed by atoms with Crippen LogP contribution in [-0.2, 0) is 0 Å². The molecule has 0 aromatic heterocycles. The smallest absolute Gasteiger partial charge is 0.253 e. The maximum Gasteiger partial charge on any atom is 0.253 e. The highest BCUT2D eigenvalue weighted by Crippen LogP contribution is 2.31. The lowest BCUT2D eigenvalue weighted by molar-refractivity contribution is 0.0773. The molecule has 4 rings (SSSR count). The van der Waals surface area contributed by atoms with E-state index in [4.69, 9.17) is 4.74 Å². The number of hydrogen-bond donors (Lipinski definition) is 1. The Hall–Kier alpha value is -2.37. The first-order chi connectivity index (χ1) is 13.8. The third-order valence-electron chi connectivity index (χ3n) is 5.73. The molecule has 5 nitrogen and oxygen atoms in total. The summed E-state index contributed by atoms with van der Waals surface area (Å²) >= 11 is 0.